The van der Waals surface area contributed by atoms with Crippen LogP contribution in [0.3, 0.4) is 0 Å². The molecule has 0 heterocycles. The number of carbonyl (C=O) groups excluding carboxylic acids is 1. The number of oxime groups is 1. The Bertz CT molecular complexity index is 444. The molecule has 1 rings (SSSR count). The Morgan fingerprint density at radius 3 is 2.33 bits per heavy atom. The number of rotatable bonds is 3. The molecule has 0 aromatic heterocycles. The lowest BCUT2D eigenvalue weighted by Crippen LogP contribution is -2.33. The molecule has 0 unspecified atom stereocenters. The molecule has 1 aromatic carbocycles. The minimum atomic E-state index is -0.248. The molecule has 5 nitrogen and oxygen atoms in total. The van der Waals surface area contributed by atoms with Gasteiger partial charge in [0, 0.05) is 5.56 Å². The van der Waals surface area contributed by atoms with Gasteiger partial charge in [0.15, 0.2) is 5.84 Å². The van der Waals surface area contributed by atoms with Crippen molar-refractivity contribution in [3.63, 3.8) is 0 Å². The topological polar surface area (TPSA) is 87.7 Å². The number of carbonyl (C=O) groups is 1. The lowest BCUT2D eigenvalue weighted by molar-refractivity contribution is 0.0959. The van der Waals surface area contributed by atoms with Gasteiger partial charge in [0.1, 0.15) is 0 Å². The first kappa shape index (κ1) is 14.0. The minimum Gasteiger partial charge on any atom is -0.409 e. The van der Waals surface area contributed by atoms with Crippen molar-refractivity contribution < 1.29 is 10.0 Å². The monoisotopic (exact) mass is 249 g/mol. The van der Waals surface area contributed by atoms with Crippen molar-refractivity contribution in [1.82, 2.24) is 5.32 Å². The number of amides is 1. The normalized spacial score (nSPS) is 12.3. The van der Waals surface area contributed by atoms with E-state index in [0.29, 0.717) is 5.56 Å². The first-order chi connectivity index (χ1) is 8.34. The lowest BCUT2D eigenvalue weighted by Gasteiger charge is -2.19. The van der Waals surface area contributed by atoms with Crippen LogP contribution in [0.1, 0.15) is 36.7 Å². The fourth-order valence-electron chi connectivity index (χ4n) is 1.43. The summed E-state index contributed by atoms with van der Waals surface area (Å²) in [6.07, 6.45) is 0. The van der Waals surface area contributed by atoms with E-state index in [-0.39, 0.29) is 23.7 Å². The minimum absolute atomic E-state index is 0.0242. The number of benzene rings is 1. The molecule has 0 saturated heterocycles. The first-order valence-corrected chi connectivity index (χ1v) is 5.69. The van der Waals surface area contributed by atoms with E-state index in [2.05, 4.69) is 31.2 Å². The summed E-state index contributed by atoms with van der Waals surface area (Å²) in [5, 5.41) is 13.7. The third-order valence-electron chi connectivity index (χ3n) is 2.57. The third-order valence-corrected chi connectivity index (χ3v) is 2.57. The third kappa shape index (κ3) is 3.76. The van der Waals surface area contributed by atoms with Crippen LogP contribution in [-0.4, -0.2) is 23.5 Å². The van der Waals surface area contributed by atoms with Crippen molar-refractivity contribution in [2.24, 2.45) is 10.9 Å². The largest absolute Gasteiger partial charge is 0.409 e. The summed E-state index contributed by atoms with van der Waals surface area (Å²) in [5.74, 6) is -0.281. The Labute approximate surface area is 107 Å². The summed E-state index contributed by atoms with van der Waals surface area (Å²) in [4.78, 5) is 11.7. The van der Waals surface area contributed by atoms with Crippen LogP contribution in [-0.2, 0) is 5.41 Å². The first-order valence-electron chi connectivity index (χ1n) is 5.69. The highest BCUT2D eigenvalue weighted by Crippen LogP contribution is 2.22. The SMILES string of the molecule is CC(C)(C)c1ccc(C(=O)NC/C(N)=N/O)cc1. The number of nitrogens with one attached hydrogen (secondary N) is 1. The van der Waals surface area contributed by atoms with E-state index >= 15 is 0 Å². The summed E-state index contributed by atoms with van der Waals surface area (Å²) in [6.45, 7) is 6.36. The van der Waals surface area contributed by atoms with E-state index in [4.69, 9.17) is 10.9 Å². The molecule has 0 fully saturated rings. The van der Waals surface area contributed by atoms with Crippen LogP contribution in [0.15, 0.2) is 29.4 Å². The van der Waals surface area contributed by atoms with Gasteiger partial charge in [-0.05, 0) is 23.1 Å². The van der Waals surface area contributed by atoms with Crippen LogP contribution in [0.4, 0.5) is 0 Å². The van der Waals surface area contributed by atoms with Crippen LogP contribution in [0.2, 0.25) is 0 Å². The molecule has 98 valence electrons. The number of nitrogens with zero attached hydrogens (tertiary/aromatic N) is 1. The molecule has 4 N–H and O–H groups in total. The zero-order chi connectivity index (χ0) is 13.8. The molecule has 0 bridgehead atoms. The van der Waals surface area contributed by atoms with E-state index in [9.17, 15) is 4.79 Å². The van der Waals surface area contributed by atoms with Crippen molar-refractivity contribution in [3.05, 3.63) is 35.4 Å². The van der Waals surface area contributed by atoms with Gasteiger partial charge in [0.05, 0.1) is 6.54 Å². The molecule has 1 aromatic rings. The Kier molecular flexibility index (Phi) is 4.31. The van der Waals surface area contributed by atoms with Crippen molar-refractivity contribution in [1.29, 1.82) is 0 Å². The van der Waals surface area contributed by atoms with Gasteiger partial charge in [-0.1, -0.05) is 38.1 Å². The molecule has 0 spiro atoms. The van der Waals surface area contributed by atoms with Gasteiger partial charge < -0.3 is 16.3 Å². The van der Waals surface area contributed by atoms with E-state index in [1.807, 2.05) is 12.1 Å². The zero-order valence-electron chi connectivity index (χ0n) is 10.9. The summed E-state index contributed by atoms with van der Waals surface area (Å²) >= 11 is 0. The van der Waals surface area contributed by atoms with Gasteiger partial charge in [0.25, 0.3) is 5.91 Å². The maximum Gasteiger partial charge on any atom is 0.251 e. The molecule has 0 atom stereocenters. The van der Waals surface area contributed by atoms with E-state index in [1.165, 1.54) is 0 Å². The molecule has 1 amide bonds. The van der Waals surface area contributed by atoms with E-state index in [1.54, 1.807) is 12.1 Å². The standard InChI is InChI=1S/C13H19N3O2/c1-13(2,3)10-6-4-9(5-7-10)12(17)15-8-11(14)16-18/h4-7,18H,8H2,1-3H3,(H2,14,16)(H,15,17). The summed E-state index contributed by atoms with van der Waals surface area (Å²) < 4.78 is 0. The van der Waals surface area contributed by atoms with Gasteiger partial charge >= 0.3 is 0 Å². The predicted molar refractivity (Wildman–Crippen MR) is 70.9 cm³/mol. The molecule has 0 aliphatic carbocycles. The fourth-order valence-corrected chi connectivity index (χ4v) is 1.43. The van der Waals surface area contributed by atoms with Crippen LogP contribution in [0.5, 0.6) is 0 Å². The van der Waals surface area contributed by atoms with Crippen molar-refractivity contribution in [2.45, 2.75) is 26.2 Å². The number of nitrogens with two attached hydrogens (primary N) is 1. The fraction of sp³-hybridized carbons (Fsp3) is 0.385. The van der Waals surface area contributed by atoms with Crippen LogP contribution >= 0.6 is 0 Å². The summed E-state index contributed by atoms with van der Waals surface area (Å²) in [7, 11) is 0. The van der Waals surface area contributed by atoms with Gasteiger partial charge in [-0.15, -0.1) is 0 Å². The Hall–Kier alpha value is -2.04. The Balaban J connectivity index is 2.71. The van der Waals surface area contributed by atoms with E-state index < -0.39 is 0 Å². The second-order valence-electron chi connectivity index (χ2n) is 5.10. The number of hydrogen-bond donors (Lipinski definition) is 3. The van der Waals surface area contributed by atoms with Gasteiger partial charge in [-0.25, -0.2) is 0 Å². The number of amidine groups is 1. The van der Waals surface area contributed by atoms with Gasteiger partial charge in [-0.2, -0.15) is 0 Å². The summed E-state index contributed by atoms with van der Waals surface area (Å²) in [5.41, 5.74) is 7.04. The molecule has 5 heteroatoms. The average Bonchev–Trinajstić information content (AvgIpc) is 2.34. The van der Waals surface area contributed by atoms with Crippen molar-refractivity contribution in [3.8, 4) is 0 Å². The molecule has 0 radical (unpaired) electrons. The average molecular weight is 249 g/mol. The molecular weight excluding hydrogens is 230 g/mol. The zero-order valence-corrected chi connectivity index (χ0v) is 10.9. The highest BCUT2D eigenvalue weighted by atomic mass is 16.4. The Morgan fingerprint density at radius 2 is 1.89 bits per heavy atom. The smallest absolute Gasteiger partial charge is 0.251 e. The second kappa shape index (κ2) is 5.53. The van der Waals surface area contributed by atoms with E-state index in [0.717, 1.165) is 5.56 Å². The van der Waals surface area contributed by atoms with Crippen molar-refractivity contribution >= 4 is 11.7 Å². The Morgan fingerprint density at radius 1 is 1.33 bits per heavy atom. The highest BCUT2D eigenvalue weighted by molar-refractivity contribution is 5.96. The molecule has 0 aliphatic heterocycles. The van der Waals surface area contributed by atoms with Gasteiger partial charge in [0.2, 0.25) is 0 Å². The van der Waals surface area contributed by atoms with Crippen LogP contribution in [0, 0.1) is 0 Å². The van der Waals surface area contributed by atoms with Crippen LogP contribution in [0.25, 0.3) is 0 Å². The van der Waals surface area contributed by atoms with Gasteiger partial charge in [-0.3, -0.25) is 4.79 Å². The maximum absolute atomic E-state index is 11.7. The molecule has 18 heavy (non-hydrogen) atoms. The molecule has 0 aliphatic rings. The lowest BCUT2D eigenvalue weighted by atomic mass is 9.87. The maximum atomic E-state index is 11.7. The highest BCUT2D eigenvalue weighted by Gasteiger charge is 2.14. The molecule has 0 saturated carbocycles. The molecular formula is C13H19N3O2. The second-order valence-corrected chi connectivity index (χ2v) is 5.10. The van der Waals surface area contributed by atoms with Crippen molar-refractivity contribution in [2.75, 3.05) is 6.54 Å². The quantitative estimate of drug-likeness (QED) is 0.328. The predicted octanol–water partition coefficient (Wildman–Crippen LogP) is 1.46. The van der Waals surface area contributed by atoms with Crippen LogP contribution < -0.4 is 11.1 Å². The number of hydrogen-bond acceptors (Lipinski definition) is 3. The summed E-state index contributed by atoms with van der Waals surface area (Å²) in [6, 6.07) is 7.39.